The summed E-state index contributed by atoms with van der Waals surface area (Å²) in [6.07, 6.45) is 4.14. The van der Waals surface area contributed by atoms with Crippen molar-refractivity contribution in [3.63, 3.8) is 0 Å². The third kappa shape index (κ3) is 5.81. The fourth-order valence-electron chi connectivity index (χ4n) is 4.57. The highest BCUT2D eigenvalue weighted by molar-refractivity contribution is 8.04. The lowest BCUT2D eigenvalue weighted by Crippen LogP contribution is -2.40. The minimum Gasteiger partial charge on any atom is -0.352 e. The second-order valence-corrected chi connectivity index (χ2v) is 10.1. The van der Waals surface area contributed by atoms with Crippen molar-refractivity contribution in [1.29, 1.82) is 0 Å². The molecule has 2 aliphatic heterocycles. The molecule has 2 aromatic carbocycles. The first-order chi connectivity index (χ1) is 15.5. The van der Waals surface area contributed by atoms with Crippen molar-refractivity contribution < 1.29 is 9.59 Å². The van der Waals surface area contributed by atoms with Gasteiger partial charge < -0.3 is 15.5 Å². The van der Waals surface area contributed by atoms with Gasteiger partial charge in [-0.2, -0.15) is 0 Å². The molecule has 0 radical (unpaired) electrons. The number of nitrogens with zero attached hydrogens (tertiary/aromatic N) is 1. The Morgan fingerprint density at radius 3 is 2.59 bits per heavy atom. The van der Waals surface area contributed by atoms with Gasteiger partial charge in [0.1, 0.15) is 0 Å². The highest BCUT2D eigenvalue weighted by atomic mass is 32.2. The van der Waals surface area contributed by atoms with Gasteiger partial charge in [0, 0.05) is 30.1 Å². The number of likely N-dealkylation sites (tertiary alicyclic amines) is 1. The summed E-state index contributed by atoms with van der Waals surface area (Å²) in [6.45, 7) is 8.68. The summed E-state index contributed by atoms with van der Waals surface area (Å²) in [7, 11) is 0. The monoisotopic (exact) mass is 449 g/mol. The molecule has 2 aromatic rings. The Balaban J connectivity index is 1.27. The molecule has 2 heterocycles. The van der Waals surface area contributed by atoms with Crippen molar-refractivity contribution in [3.05, 3.63) is 64.6 Å². The number of carbonyl (C=O) groups excluding carboxylic acids is 2. The maximum Gasteiger partial charge on any atom is 0.262 e. The van der Waals surface area contributed by atoms with Crippen LogP contribution in [0.5, 0.6) is 0 Å². The molecular weight excluding hydrogens is 418 g/mol. The van der Waals surface area contributed by atoms with Gasteiger partial charge in [-0.1, -0.05) is 49.9 Å². The molecule has 0 aliphatic carbocycles. The summed E-state index contributed by atoms with van der Waals surface area (Å²) < 4.78 is 0. The van der Waals surface area contributed by atoms with Crippen LogP contribution >= 0.6 is 11.8 Å². The second kappa shape index (κ2) is 10.4. The number of amides is 2. The second-order valence-electron chi connectivity index (χ2n) is 9.00. The largest absolute Gasteiger partial charge is 0.352 e. The molecule has 2 amide bonds. The maximum atomic E-state index is 12.5. The summed E-state index contributed by atoms with van der Waals surface area (Å²) in [5, 5.41) is 5.95. The molecule has 0 spiro atoms. The molecule has 2 N–H and O–H groups in total. The van der Waals surface area contributed by atoms with Crippen LogP contribution in [0.4, 0.5) is 5.69 Å². The molecule has 0 bridgehead atoms. The van der Waals surface area contributed by atoms with E-state index in [1.54, 1.807) is 0 Å². The smallest absolute Gasteiger partial charge is 0.262 e. The highest BCUT2D eigenvalue weighted by Gasteiger charge is 2.22. The van der Waals surface area contributed by atoms with Crippen molar-refractivity contribution in [3.8, 4) is 0 Å². The first-order valence-electron chi connectivity index (χ1n) is 11.4. The minimum absolute atomic E-state index is 0.0525. The Bertz CT molecular complexity index is 992. The Hall–Kier alpha value is -2.57. The van der Waals surface area contributed by atoms with Crippen LogP contribution in [0.1, 0.15) is 42.6 Å². The van der Waals surface area contributed by atoms with Crippen LogP contribution in [0.2, 0.25) is 0 Å². The third-order valence-corrected chi connectivity index (χ3v) is 7.03. The van der Waals surface area contributed by atoms with Gasteiger partial charge in [-0.25, -0.2) is 0 Å². The van der Waals surface area contributed by atoms with Crippen molar-refractivity contribution in [2.24, 2.45) is 11.8 Å². The van der Waals surface area contributed by atoms with Gasteiger partial charge in [0.2, 0.25) is 0 Å². The molecule has 1 saturated heterocycles. The van der Waals surface area contributed by atoms with E-state index in [2.05, 4.69) is 29.4 Å². The predicted octanol–water partition coefficient (Wildman–Crippen LogP) is 4.87. The number of hydrogen-bond donors (Lipinski definition) is 2. The van der Waals surface area contributed by atoms with E-state index in [-0.39, 0.29) is 11.8 Å². The normalized spacial score (nSPS) is 22.3. The van der Waals surface area contributed by atoms with Gasteiger partial charge in [0.15, 0.2) is 0 Å². The molecular formula is C26H31N3O2S. The number of hydrogen-bond acceptors (Lipinski definition) is 4. The Morgan fingerprint density at radius 2 is 1.84 bits per heavy atom. The number of para-hydroxylation sites is 1. The lowest BCUT2D eigenvalue weighted by molar-refractivity contribution is -0.112. The van der Waals surface area contributed by atoms with E-state index >= 15 is 0 Å². The van der Waals surface area contributed by atoms with E-state index in [4.69, 9.17) is 0 Å². The van der Waals surface area contributed by atoms with Gasteiger partial charge in [-0.05, 0) is 67.1 Å². The molecule has 2 unspecified atom stereocenters. The van der Waals surface area contributed by atoms with E-state index in [9.17, 15) is 9.59 Å². The van der Waals surface area contributed by atoms with Gasteiger partial charge in [0.05, 0.1) is 10.6 Å². The number of fused-ring (bicyclic) bond motifs is 1. The zero-order valence-electron chi connectivity index (χ0n) is 18.8. The van der Waals surface area contributed by atoms with Crippen molar-refractivity contribution in [2.45, 2.75) is 31.6 Å². The molecule has 2 aliphatic rings. The molecule has 6 heteroatoms. The molecule has 5 nitrogen and oxygen atoms in total. The maximum absolute atomic E-state index is 12.5. The van der Waals surface area contributed by atoms with Crippen LogP contribution in [0.25, 0.3) is 6.08 Å². The summed E-state index contributed by atoms with van der Waals surface area (Å²) in [5.41, 5.74) is 2.38. The van der Waals surface area contributed by atoms with E-state index in [0.717, 1.165) is 54.0 Å². The zero-order valence-corrected chi connectivity index (χ0v) is 19.6. The molecule has 4 rings (SSSR count). The summed E-state index contributed by atoms with van der Waals surface area (Å²) >= 11 is 1.46. The quantitative estimate of drug-likeness (QED) is 0.488. The molecule has 32 heavy (non-hydrogen) atoms. The van der Waals surface area contributed by atoms with Crippen LogP contribution in [-0.4, -0.2) is 42.9 Å². The number of benzene rings is 2. The van der Waals surface area contributed by atoms with E-state index in [1.165, 1.54) is 18.2 Å². The number of piperidine rings is 1. The summed E-state index contributed by atoms with van der Waals surface area (Å²) in [6, 6.07) is 15.2. The number of nitrogens with one attached hydrogen (secondary N) is 2. The Kier molecular flexibility index (Phi) is 7.33. The predicted molar refractivity (Wildman–Crippen MR) is 132 cm³/mol. The average molecular weight is 450 g/mol. The molecule has 2 atom stereocenters. The van der Waals surface area contributed by atoms with E-state index in [0.29, 0.717) is 17.0 Å². The number of carbonyl (C=O) groups is 2. The van der Waals surface area contributed by atoms with Crippen LogP contribution in [-0.2, 0) is 4.79 Å². The lowest BCUT2D eigenvalue weighted by atomic mass is 9.92. The third-order valence-electron chi connectivity index (χ3n) is 5.93. The highest BCUT2D eigenvalue weighted by Crippen LogP contribution is 2.38. The van der Waals surface area contributed by atoms with E-state index in [1.807, 2.05) is 54.6 Å². The SMILES string of the molecule is CC1CC(C)CN(CCCNC(=O)c2ccc(/C=C3/Sc4ccccc4NC3=O)cc2)C1. The van der Waals surface area contributed by atoms with Crippen LogP contribution in [0.15, 0.2) is 58.3 Å². The summed E-state index contributed by atoms with van der Waals surface area (Å²) in [4.78, 5) is 29.0. The van der Waals surface area contributed by atoms with Gasteiger partial charge in [-0.15, -0.1) is 0 Å². The molecule has 168 valence electrons. The van der Waals surface area contributed by atoms with E-state index < -0.39 is 0 Å². The molecule has 0 aromatic heterocycles. The topological polar surface area (TPSA) is 61.4 Å². The number of anilines is 1. The standard InChI is InChI=1S/C26H31N3O2S/c1-18-14-19(2)17-29(16-18)13-5-12-27-25(30)21-10-8-20(9-11-21)15-24-26(31)28-22-6-3-4-7-23(22)32-24/h3-4,6-11,15,18-19H,5,12-14,16-17H2,1-2H3,(H,27,30)(H,28,31)/b24-15+. The minimum atomic E-state index is -0.104. The van der Waals surface area contributed by atoms with Gasteiger partial charge >= 0.3 is 0 Å². The van der Waals surface area contributed by atoms with Crippen LogP contribution in [0, 0.1) is 11.8 Å². The van der Waals surface area contributed by atoms with Crippen LogP contribution in [0.3, 0.4) is 0 Å². The fourth-order valence-corrected chi connectivity index (χ4v) is 5.52. The average Bonchev–Trinajstić information content (AvgIpc) is 2.77. The van der Waals surface area contributed by atoms with Crippen molar-refractivity contribution in [1.82, 2.24) is 10.2 Å². The fraction of sp³-hybridized carbons (Fsp3) is 0.385. The number of thioether (sulfide) groups is 1. The van der Waals surface area contributed by atoms with Crippen molar-refractivity contribution >= 4 is 35.3 Å². The Morgan fingerprint density at radius 1 is 1.12 bits per heavy atom. The van der Waals surface area contributed by atoms with Gasteiger partial charge in [-0.3, -0.25) is 9.59 Å². The summed E-state index contributed by atoms with van der Waals surface area (Å²) in [5.74, 6) is 1.36. The number of rotatable bonds is 6. The van der Waals surface area contributed by atoms with Crippen molar-refractivity contribution in [2.75, 3.05) is 31.5 Å². The lowest BCUT2D eigenvalue weighted by Gasteiger charge is -2.34. The first-order valence-corrected chi connectivity index (χ1v) is 12.2. The zero-order chi connectivity index (χ0) is 22.5. The Labute approximate surface area is 194 Å². The molecule has 1 fully saturated rings. The van der Waals surface area contributed by atoms with Crippen LogP contribution < -0.4 is 10.6 Å². The first kappa shape index (κ1) is 22.6. The molecule has 0 saturated carbocycles. The van der Waals surface area contributed by atoms with Gasteiger partial charge in [0.25, 0.3) is 11.8 Å².